The van der Waals surface area contributed by atoms with Crippen LogP contribution in [0.5, 0.6) is 0 Å². The van der Waals surface area contributed by atoms with Crippen molar-refractivity contribution in [1.29, 1.82) is 0 Å². The molecule has 0 radical (unpaired) electrons. The molecule has 0 aliphatic carbocycles. The molecule has 0 aromatic heterocycles. The lowest BCUT2D eigenvalue weighted by atomic mass is 10.1. The maximum atomic E-state index is 12.3. The summed E-state index contributed by atoms with van der Waals surface area (Å²) in [6, 6.07) is 20.6. The molecule has 0 bridgehead atoms. The molecule has 0 aliphatic rings. The molecule has 1 N–H and O–H groups in total. The first-order valence-corrected chi connectivity index (χ1v) is 9.39. The van der Waals surface area contributed by atoms with Crippen LogP contribution in [0.15, 0.2) is 66.7 Å². The zero-order chi connectivity index (χ0) is 16.3. The predicted octanol–water partition coefficient (Wildman–Crippen LogP) is 4.48. The van der Waals surface area contributed by atoms with E-state index < -0.39 is 9.84 Å². The van der Waals surface area contributed by atoms with Gasteiger partial charge in [-0.25, -0.2) is 8.42 Å². The van der Waals surface area contributed by atoms with Gasteiger partial charge in [-0.2, -0.15) is 0 Å². The van der Waals surface area contributed by atoms with Gasteiger partial charge in [0.15, 0.2) is 9.84 Å². The average Bonchev–Trinajstić information content (AvgIpc) is 2.53. The van der Waals surface area contributed by atoms with E-state index in [4.69, 9.17) is 11.6 Å². The number of sulfone groups is 1. The van der Waals surface area contributed by atoms with Crippen LogP contribution >= 0.6 is 11.6 Å². The van der Waals surface area contributed by atoms with E-state index in [2.05, 4.69) is 5.32 Å². The van der Waals surface area contributed by atoms with Crippen molar-refractivity contribution in [1.82, 2.24) is 0 Å². The Bertz CT molecular complexity index is 938. The number of benzene rings is 3. The number of anilines is 1. The summed E-state index contributed by atoms with van der Waals surface area (Å²) in [5, 5.41) is 5.63. The quantitative estimate of drug-likeness (QED) is 0.741. The summed E-state index contributed by atoms with van der Waals surface area (Å²) in [5.74, 6) is -0.119. The van der Waals surface area contributed by atoms with Crippen molar-refractivity contribution in [3.63, 3.8) is 0 Å². The third kappa shape index (κ3) is 4.24. The van der Waals surface area contributed by atoms with Crippen LogP contribution in [0, 0.1) is 0 Å². The number of fused-ring (bicyclic) bond motifs is 1. The van der Waals surface area contributed by atoms with Crippen LogP contribution in [0.25, 0.3) is 10.8 Å². The molecule has 118 valence electrons. The Labute approximate surface area is 140 Å². The fourth-order valence-corrected chi connectivity index (χ4v) is 3.79. The number of hydrogen-bond donors (Lipinski definition) is 1. The predicted molar refractivity (Wildman–Crippen MR) is 96.5 cm³/mol. The van der Waals surface area contributed by atoms with Crippen LogP contribution in [0.1, 0.15) is 5.56 Å². The summed E-state index contributed by atoms with van der Waals surface area (Å²) in [4.78, 5) is 0. The monoisotopic (exact) mass is 345 g/mol. The SMILES string of the molecule is O=S(=O)(CNc1cccc(Cl)c1)Cc1ccc2ccccc2c1. The molecule has 0 saturated heterocycles. The number of rotatable bonds is 5. The van der Waals surface area contributed by atoms with Crippen molar-refractivity contribution in [3.05, 3.63) is 77.3 Å². The molecule has 0 saturated carbocycles. The summed E-state index contributed by atoms with van der Waals surface area (Å²) in [6.07, 6.45) is 0. The van der Waals surface area contributed by atoms with Gasteiger partial charge in [-0.15, -0.1) is 0 Å². The molecule has 3 nitrogen and oxygen atoms in total. The molecular weight excluding hydrogens is 330 g/mol. The molecule has 3 aromatic rings. The molecule has 0 amide bonds. The average molecular weight is 346 g/mol. The molecule has 23 heavy (non-hydrogen) atoms. The van der Waals surface area contributed by atoms with Crippen LogP contribution in [-0.4, -0.2) is 14.3 Å². The second kappa shape index (κ2) is 6.60. The Morgan fingerprint density at radius 1 is 0.870 bits per heavy atom. The lowest BCUT2D eigenvalue weighted by molar-refractivity contribution is 0.597. The van der Waals surface area contributed by atoms with Crippen LogP contribution < -0.4 is 5.32 Å². The van der Waals surface area contributed by atoms with Crippen LogP contribution in [0.2, 0.25) is 5.02 Å². The standard InChI is InChI=1S/C18H16ClNO2S/c19-17-6-3-7-18(11-17)20-13-23(21,22)12-14-8-9-15-4-1-2-5-16(15)10-14/h1-11,20H,12-13H2. The lowest BCUT2D eigenvalue weighted by Crippen LogP contribution is -2.16. The summed E-state index contributed by atoms with van der Waals surface area (Å²) in [5.41, 5.74) is 1.48. The maximum absolute atomic E-state index is 12.3. The number of hydrogen-bond acceptors (Lipinski definition) is 3. The van der Waals surface area contributed by atoms with Gasteiger partial charge in [-0.1, -0.05) is 60.1 Å². The van der Waals surface area contributed by atoms with Gasteiger partial charge in [0, 0.05) is 10.7 Å². The van der Waals surface area contributed by atoms with E-state index in [-0.39, 0.29) is 11.6 Å². The Morgan fingerprint density at radius 3 is 2.43 bits per heavy atom. The highest BCUT2D eigenvalue weighted by Gasteiger charge is 2.12. The Kier molecular flexibility index (Phi) is 4.55. The van der Waals surface area contributed by atoms with Gasteiger partial charge in [0.25, 0.3) is 0 Å². The zero-order valence-electron chi connectivity index (χ0n) is 12.4. The van der Waals surface area contributed by atoms with Crippen molar-refractivity contribution in [3.8, 4) is 0 Å². The van der Waals surface area contributed by atoms with Gasteiger partial charge in [0.2, 0.25) is 0 Å². The van der Waals surface area contributed by atoms with E-state index in [1.165, 1.54) is 0 Å². The van der Waals surface area contributed by atoms with E-state index in [1.807, 2.05) is 42.5 Å². The van der Waals surface area contributed by atoms with Gasteiger partial charge >= 0.3 is 0 Å². The Balaban J connectivity index is 1.72. The van der Waals surface area contributed by atoms with Gasteiger partial charge in [0.1, 0.15) is 5.88 Å². The summed E-state index contributed by atoms with van der Waals surface area (Å²) >= 11 is 5.89. The molecule has 0 atom stereocenters. The topological polar surface area (TPSA) is 46.2 Å². The second-order valence-electron chi connectivity index (χ2n) is 5.40. The van der Waals surface area contributed by atoms with Crippen molar-refractivity contribution in [2.45, 2.75) is 5.75 Å². The van der Waals surface area contributed by atoms with Crippen LogP contribution in [-0.2, 0) is 15.6 Å². The van der Waals surface area contributed by atoms with E-state index >= 15 is 0 Å². The minimum atomic E-state index is -3.27. The first-order chi connectivity index (χ1) is 11.0. The van der Waals surface area contributed by atoms with Crippen molar-refractivity contribution in [2.75, 3.05) is 11.2 Å². The molecule has 0 aliphatic heterocycles. The first-order valence-electron chi connectivity index (χ1n) is 7.19. The molecule has 5 heteroatoms. The summed E-state index contributed by atoms with van der Waals surface area (Å²) in [7, 11) is -3.27. The highest BCUT2D eigenvalue weighted by molar-refractivity contribution is 7.90. The minimum Gasteiger partial charge on any atom is -0.372 e. The minimum absolute atomic E-state index is 0.00536. The van der Waals surface area contributed by atoms with E-state index in [9.17, 15) is 8.42 Å². The molecular formula is C18H16ClNO2S. The van der Waals surface area contributed by atoms with Gasteiger partial charge in [0.05, 0.1) is 5.75 Å². The lowest BCUT2D eigenvalue weighted by Gasteiger charge is -2.09. The highest BCUT2D eigenvalue weighted by Crippen LogP contribution is 2.18. The summed E-state index contributed by atoms with van der Waals surface area (Å²) < 4.78 is 24.6. The smallest absolute Gasteiger partial charge is 0.172 e. The largest absolute Gasteiger partial charge is 0.372 e. The fourth-order valence-electron chi connectivity index (χ4n) is 2.43. The molecule has 0 unspecified atom stereocenters. The van der Waals surface area contributed by atoms with Crippen molar-refractivity contribution >= 4 is 37.9 Å². The first kappa shape index (κ1) is 15.8. The molecule has 3 rings (SSSR count). The Morgan fingerprint density at radius 2 is 1.65 bits per heavy atom. The normalized spacial score (nSPS) is 11.5. The van der Waals surface area contributed by atoms with Crippen molar-refractivity contribution in [2.24, 2.45) is 0 Å². The molecule has 0 fully saturated rings. The van der Waals surface area contributed by atoms with Crippen molar-refractivity contribution < 1.29 is 8.42 Å². The third-order valence-electron chi connectivity index (χ3n) is 3.52. The van der Waals surface area contributed by atoms with Gasteiger partial charge < -0.3 is 5.32 Å². The van der Waals surface area contributed by atoms with E-state index in [0.29, 0.717) is 10.7 Å². The molecule has 0 spiro atoms. The number of halogens is 1. The maximum Gasteiger partial charge on any atom is 0.172 e. The zero-order valence-corrected chi connectivity index (χ0v) is 13.9. The Hall–Kier alpha value is -2.04. The molecule has 3 aromatic carbocycles. The van der Waals surface area contributed by atoms with Gasteiger partial charge in [-0.3, -0.25) is 0 Å². The molecule has 0 heterocycles. The third-order valence-corrected chi connectivity index (χ3v) is 5.11. The van der Waals surface area contributed by atoms with E-state index in [0.717, 1.165) is 16.3 Å². The van der Waals surface area contributed by atoms with Gasteiger partial charge in [-0.05, 0) is 34.5 Å². The summed E-state index contributed by atoms with van der Waals surface area (Å²) in [6.45, 7) is 0. The van der Waals surface area contributed by atoms with Crippen LogP contribution in [0.3, 0.4) is 0 Å². The van der Waals surface area contributed by atoms with Crippen LogP contribution in [0.4, 0.5) is 5.69 Å². The highest BCUT2D eigenvalue weighted by atomic mass is 35.5. The second-order valence-corrected chi connectivity index (χ2v) is 7.90. The number of nitrogens with one attached hydrogen (secondary N) is 1. The fraction of sp³-hybridized carbons (Fsp3) is 0.111. The van der Waals surface area contributed by atoms with E-state index in [1.54, 1.807) is 24.3 Å².